The van der Waals surface area contributed by atoms with Crippen molar-refractivity contribution in [1.29, 1.82) is 0 Å². The summed E-state index contributed by atoms with van der Waals surface area (Å²) in [6.45, 7) is 8.06. The SMILES string of the molecule is CCOC(C(=O)C1CCOCC1)C(C)C. The minimum atomic E-state index is -0.224. The molecule has 1 aliphatic heterocycles. The Balaban J connectivity index is 2.53. The second-order valence-corrected chi connectivity index (χ2v) is 4.41. The van der Waals surface area contributed by atoms with Crippen LogP contribution in [0.25, 0.3) is 0 Å². The fraction of sp³-hybridized carbons (Fsp3) is 0.917. The van der Waals surface area contributed by atoms with Crippen LogP contribution in [-0.4, -0.2) is 31.7 Å². The van der Waals surface area contributed by atoms with Crippen molar-refractivity contribution in [3.63, 3.8) is 0 Å². The van der Waals surface area contributed by atoms with E-state index in [2.05, 4.69) is 0 Å². The second-order valence-electron chi connectivity index (χ2n) is 4.41. The van der Waals surface area contributed by atoms with Gasteiger partial charge in [-0.15, -0.1) is 0 Å². The molecule has 0 bridgehead atoms. The minimum Gasteiger partial charge on any atom is -0.381 e. The maximum Gasteiger partial charge on any atom is 0.165 e. The number of ketones is 1. The number of rotatable bonds is 5. The highest BCUT2D eigenvalue weighted by Gasteiger charge is 2.30. The van der Waals surface area contributed by atoms with Gasteiger partial charge in [-0.3, -0.25) is 4.79 Å². The molecule has 1 aliphatic rings. The number of carbonyl (C=O) groups is 1. The van der Waals surface area contributed by atoms with Gasteiger partial charge < -0.3 is 9.47 Å². The monoisotopic (exact) mass is 214 g/mol. The van der Waals surface area contributed by atoms with E-state index in [1.807, 2.05) is 20.8 Å². The standard InChI is InChI=1S/C12H22O3/c1-4-15-12(9(2)3)11(13)10-5-7-14-8-6-10/h9-10,12H,4-8H2,1-3H3. The summed E-state index contributed by atoms with van der Waals surface area (Å²) in [5, 5.41) is 0. The van der Waals surface area contributed by atoms with Crippen LogP contribution >= 0.6 is 0 Å². The smallest absolute Gasteiger partial charge is 0.165 e. The third kappa shape index (κ3) is 3.58. The van der Waals surface area contributed by atoms with E-state index in [4.69, 9.17) is 9.47 Å². The van der Waals surface area contributed by atoms with Crippen LogP contribution in [0.3, 0.4) is 0 Å². The van der Waals surface area contributed by atoms with E-state index in [0.717, 1.165) is 12.8 Å². The van der Waals surface area contributed by atoms with Gasteiger partial charge in [0.05, 0.1) is 0 Å². The Morgan fingerprint density at radius 1 is 1.40 bits per heavy atom. The van der Waals surface area contributed by atoms with Crippen LogP contribution in [0.5, 0.6) is 0 Å². The van der Waals surface area contributed by atoms with E-state index in [1.165, 1.54) is 0 Å². The summed E-state index contributed by atoms with van der Waals surface area (Å²) in [6.07, 6.45) is 1.49. The lowest BCUT2D eigenvalue weighted by atomic mass is 9.88. The van der Waals surface area contributed by atoms with Gasteiger partial charge >= 0.3 is 0 Å². The maximum atomic E-state index is 12.1. The first kappa shape index (κ1) is 12.7. The largest absolute Gasteiger partial charge is 0.381 e. The van der Waals surface area contributed by atoms with Crippen LogP contribution in [0.4, 0.5) is 0 Å². The van der Waals surface area contributed by atoms with Gasteiger partial charge in [-0.25, -0.2) is 0 Å². The number of ether oxygens (including phenoxy) is 2. The van der Waals surface area contributed by atoms with Crippen molar-refractivity contribution in [2.45, 2.75) is 39.7 Å². The topological polar surface area (TPSA) is 35.5 Å². The lowest BCUT2D eigenvalue weighted by molar-refractivity contribution is -0.140. The van der Waals surface area contributed by atoms with Crippen molar-refractivity contribution in [3.8, 4) is 0 Å². The van der Waals surface area contributed by atoms with E-state index >= 15 is 0 Å². The van der Waals surface area contributed by atoms with Crippen molar-refractivity contribution < 1.29 is 14.3 Å². The summed E-state index contributed by atoms with van der Waals surface area (Å²) in [5.41, 5.74) is 0. The van der Waals surface area contributed by atoms with E-state index in [1.54, 1.807) is 0 Å². The average Bonchev–Trinajstić information content (AvgIpc) is 2.26. The van der Waals surface area contributed by atoms with Crippen molar-refractivity contribution in [2.75, 3.05) is 19.8 Å². The van der Waals surface area contributed by atoms with Crippen LogP contribution in [0.15, 0.2) is 0 Å². The summed E-state index contributed by atoms with van der Waals surface area (Å²) >= 11 is 0. The molecule has 1 rings (SSSR count). The molecular formula is C12H22O3. The summed E-state index contributed by atoms with van der Waals surface area (Å²) in [4.78, 5) is 12.1. The van der Waals surface area contributed by atoms with Crippen LogP contribution < -0.4 is 0 Å². The van der Waals surface area contributed by atoms with Gasteiger partial charge in [0.15, 0.2) is 5.78 Å². The molecule has 0 amide bonds. The molecule has 3 nitrogen and oxygen atoms in total. The fourth-order valence-electron chi connectivity index (χ4n) is 2.00. The molecule has 1 saturated heterocycles. The molecule has 88 valence electrons. The summed E-state index contributed by atoms with van der Waals surface area (Å²) in [7, 11) is 0. The predicted molar refractivity (Wildman–Crippen MR) is 58.8 cm³/mol. The van der Waals surface area contributed by atoms with Crippen molar-refractivity contribution in [1.82, 2.24) is 0 Å². The third-order valence-electron chi connectivity index (χ3n) is 2.86. The van der Waals surface area contributed by atoms with Gasteiger partial charge in [0, 0.05) is 25.7 Å². The molecule has 0 spiro atoms. The summed E-state index contributed by atoms with van der Waals surface area (Å²) < 4.78 is 10.8. The van der Waals surface area contributed by atoms with Crippen LogP contribution in [0.1, 0.15) is 33.6 Å². The molecule has 0 radical (unpaired) electrons. The van der Waals surface area contributed by atoms with Gasteiger partial charge in [0.25, 0.3) is 0 Å². The van der Waals surface area contributed by atoms with Crippen LogP contribution in [0, 0.1) is 11.8 Å². The zero-order valence-electron chi connectivity index (χ0n) is 9.99. The Labute approximate surface area is 92.1 Å². The maximum absolute atomic E-state index is 12.1. The van der Waals surface area contributed by atoms with E-state index < -0.39 is 0 Å². The Kier molecular flexibility index (Phi) is 5.26. The van der Waals surface area contributed by atoms with E-state index in [0.29, 0.717) is 19.8 Å². The molecule has 0 saturated carbocycles. The first-order valence-electron chi connectivity index (χ1n) is 5.89. The molecule has 0 aromatic heterocycles. The fourth-order valence-corrected chi connectivity index (χ4v) is 2.00. The van der Waals surface area contributed by atoms with Crippen molar-refractivity contribution in [3.05, 3.63) is 0 Å². The molecule has 3 heteroatoms. The minimum absolute atomic E-state index is 0.151. The quantitative estimate of drug-likeness (QED) is 0.702. The number of Topliss-reactive ketones (excluding diaryl/α,β-unsaturated/α-hetero) is 1. The lowest BCUT2D eigenvalue weighted by Gasteiger charge is -2.27. The Hall–Kier alpha value is -0.410. The first-order chi connectivity index (χ1) is 7.16. The molecular weight excluding hydrogens is 192 g/mol. The third-order valence-corrected chi connectivity index (χ3v) is 2.86. The van der Waals surface area contributed by atoms with Gasteiger partial charge in [-0.05, 0) is 25.7 Å². The molecule has 1 atom stereocenters. The van der Waals surface area contributed by atoms with Crippen molar-refractivity contribution >= 4 is 5.78 Å². The molecule has 1 fully saturated rings. The lowest BCUT2D eigenvalue weighted by Crippen LogP contribution is -2.37. The number of carbonyl (C=O) groups excluding carboxylic acids is 1. The Morgan fingerprint density at radius 2 is 2.00 bits per heavy atom. The molecule has 15 heavy (non-hydrogen) atoms. The second kappa shape index (κ2) is 6.23. The normalized spacial score (nSPS) is 20.5. The average molecular weight is 214 g/mol. The van der Waals surface area contributed by atoms with Gasteiger partial charge in [0.2, 0.25) is 0 Å². The van der Waals surface area contributed by atoms with E-state index in [9.17, 15) is 4.79 Å². The number of hydrogen-bond donors (Lipinski definition) is 0. The Morgan fingerprint density at radius 3 is 2.47 bits per heavy atom. The molecule has 0 N–H and O–H groups in total. The van der Waals surface area contributed by atoms with Gasteiger partial charge in [0.1, 0.15) is 6.10 Å². The van der Waals surface area contributed by atoms with E-state index in [-0.39, 0.29) is 23.7 Å². The molecule has 0 aliphatic carbocycles. The zero-order valence-corrected chi connectivity index (χ0v) is 9.99. The molecule has 0 aromatic carbocycles. The van der Waals surface area contributed by atoms with Gasteiger partial charge in [-0.1, -0.05) is 13.8 Å². The Bertz CT molecular complexity index is 195. The van der Waals surface area contributed by atoms with Crippen molar-refractivity contribution in [2.24, 2.45) is 11.8 Å². The highest BCUT2D eigenvalue weighted by atomic mass is 16.5. The zero-order chi connectivity index (χ0) is 11.3. The first-order valence-corrected chi connectivity index (χ1v) is 5.89. The predicted octanol–water partition coefficient (Wildman–Crippen LogP) is 2.04. The molecule has 0 aromatic rings. The molecule has 1 unspecified atom stereocenters. The van der Waals surface area contributed by atoms with Gasteiger partial charge in [-0.2, -0.15) is 0 Å². The highest BCUT2D eigenvalue weighted by molar-refractivity contribution is 5.85. The molecule has 1 heterocycles. The van der Waals surface area contributed by atoms with Crippen LogP contribution in [0.2, 0.25) is 0 Å². The van der Waals surface area contributed by atoms with Crippen LogP contribution in [-0.2, 0) is 14.3 Å². The summed E-state index contributed by atoms with van der Waals surface area (Å²) in [5.74, 6) is 0.688. The highest BCUT2D eigenvalue weighted by Crippen LogP contribution is 2.21. The summed E-state index contributed by atoms with van der Waals surface area (Å²) in [6, 6.07) is 0. The number of hydrogen-bond acceptors (Lipinski definition) is 3.